The highest BCUT2D eigenvalue weighted by Gasteiger charge is 2.31. The zero-order valence-electron chi connectivity index (χ0n) is 13.6. The van der Waals surface area contributed by atoms with Crippen LogP contribution in [-0.2, 0) is 17.6 Å². The fourth-order valence-corrected chi connectivity index (χ4v) is 2.62. The van der Waals surface area contributed by atoms with Gasteiger partial charge in [-0.3, -0.25) is 4.57 Å². The molecule has 0 aliphatic carbocycles. The van der Waals surface area contributed by atoms with Gasteiger partial charge in [0.05, 0.1) is 22.5 Å². The molecule has 0 amide bonds. The Bertz CT molecular complexity index is 953. The van der Waals surface area contributed by atoms with Crippen LogP contribution >= 0.6 is 23.2 Å². The SMILES string of the molecule is FC(F)(F)c1cnc(-n2cccc2/C=N/OCc2ccc(Cl)cc2)c(Cl)c1. The second-order valence-electron chi connectivity index (χ2n) is 5.46. The zero-order valence-corrected chi connectivity index (χ0v) is 15.1. The van der Waals surface area contributed by atoms with Gasteiger partial charge in [-0.2, -0.15) is 13.2 Å². The minimum absolute atomic E-state index is 0.127. The van der Waals surface area contributed by atoms with Gasteiger partial charge in [0.25, 0.3) is 0 Å². The summed E-state index contributed by atoms with van der Waals surface area (Å²) < 4.78 is 39.7. The van der Waals surface area contributed by atoms with E-state index in [-0.39, 0.29) is 17.4 Å². The molecular weight excluding hydrogens is 402 g/mol. The van der Waals surface area contributed by atoms with E-state index in [4.69, 9.17) is 28.0 Å². The van der Waals surface area contributed by atoms with Crippen LogP contribution in [0.1, 0.15) is 16.8 Å². The van der Waals surface area contributed by atoms with Crippen LogP contribution < -0.4 is 0 Å². The van der Waals surface area contributed by atoms with Gasteiger partial charge in [-0.1, -0.05) is 40.5 Å². The highest BCUT2D eigenvalue weighted by atomic mass is 35.5. The molecule has 4 nitrogen and oxygen atoms in total. The number of halogens is 5. The van der Waals surface area contributed by atoms with Crippen LogP contribution in [0.3, 0.4) is 0 Å². The molecule has 2 aromatic heterocycles. The number of alkyl halides is 3. The predicted octanol–water partition coefficient (Wildman–Crippen LogP) is 5.75. The van der Waals surface area contributed by atoms with Crippen LogP contribution in [0.2, 0.25) is 10.0 Å². The van der Waals surface area contributed by atoms with Crippen LogP contribution in [0.15, 0.2) is 60.0 Å². The molecule has 0 N–H and O–H groups in total. The Kier molecular flexibility index (Phi) is 5.72. The largest absolute Gasteiger partial charge is 0.417 e. The first-order chi connectivity index (χ1) is 12.8. The molecule has 2 heterocycles. The van der Waals surface area contributed by atoms with E-state index < -0.39 is 11.7 Å². The van der Waals surface area contributed by atoms with Crippen molar-refractivity contribution in [3.8, 4) is 5.82 Å². The lowest BCUT2D eigenvalue weighted by molar-refractivity contribution is -0.137. The summed E-state index contributed by atoms with van der Waals surface area (Å²) in [5.41, 5.74) is 0.518. The number of nitrogens with zero attached hydrogens (tertiary/aromatic N) is 3. The van der Waals surface area contributed by atoms with E-state index in [1.54, 1.807) is 30.5 Å². The number of benzene rings is 1. The van der Waals surface area contributed by atoms with E-state index in [0.717, 1.165) is 17.8 Å². The van der Waals surface area contributed by atoms with Crippen LogP contribution in [-0.4, -0.2) is 15.8 Å². The third-order valence-electron chi connectivity index (χ3n) is 3.56. The molecule has 0 bridgehead atoms. The highest BCUT2D eigenvalue weighted by molar-refractivity contribution is 6.32. The number of hydrogen-bond donors (Lipinski definition) is 0. The number of pyridine rings is 1. The molecule has 3 rings (SSSR count). The standard InChI is InChI=1S/C18H12Cl2F3N3O/c19-14-5-3-12(4-6-14)11-27-25-10-15-2-1-7-26(15)17-16(20)8-13(9-24-17)18(21,22)23/h1-10H,11H2/b25-10+. The summed E-state index contributed by atoms with van der Waals surface area (Å²) in [5, 5.41) is 4.37. The third kappa shape index (κ3) is 4.81. The number of hydrogen-bond acceptors (Lipinski definition) is 3. The summed E-state index contributed by atoms with van der Waals surface area (Å²) in [7, 11) is 0. The van der Waals surface area contributed by atoms with Gasteiger partial charge in [-0.05, 0) is 35.9 Å². The second-order valence-corrected chi connectivity index (χ2v) is 6.31. The molecule has 140 valence electrons. The summed E-state index contributed by atoms with van der Waals surface area (Å²) >= 11 is 11.8. The molecule has 0 aliphatic heterocycles. The Balaban J connectivity index is 1.73. The van der Waals surface area contributed by atoms with Gasteiger partial charge < -0.3 is 4.84 Å². The predicted molar refractivity (Wildman–Crippen MR) is 97.4 cm³/mol. The third-order valence-corrected chi connectivity index (χ3v) is 4.09. The van der Waals surface area contributed by atoms with Crippen LogP contribution in [0, 0.1) is 0 Å². The monoisotopic (exact) mass is 413 g/mol. The number of aromatic nitrogens is 2. The van der Waals surface area contributed by atoms with Gasteiger partial charge in [-0.15, -0.1) is 0 Å². The number of rotatable bonds is 5. The minimum Gasteiger partial charge on any atom is -0.391 e. The van der Waals surface area contributed by atoms with Crippen molar-refractivity contribution in [3.05, 3.63) is 81.7 Å². The van der Waals surface area contributed by atoms with E-state index in [1.165, 1.54) is 10.8 Å². The van der Waals surface area contributed by atoms with Gasteiger partial charge in [0.15, 0.2) is 5.82 Å². The van der Waals surface area contributed by atoms with Gasteiger partial charge in [0.2, 0.25) is 0 Å². The molecule has 0 spiro atoms. The van der Waals surface area contributed by atoms with Gasteiger partial charge in [-0.25, -0.2) is 4.98 Å². The van der Waals surface area contributed by atoms with Crippen molar-refractivity contribution >= 4 is 29.4 Å². The molecule has 0 atom stereocenters. The quantitative estimate of drug-likeness (QED) is 0.394. The molecule has 27 heavy (non-hydrogen) atoms. The van der Waals surface area contributed by atoms with Crippen molar-refractivity contribution in [2.45, 2.75) is 12.8 Å². The van der Waals surface area contributed by atoms with Crippen LogP contribution in [0.25, 0.3) is 5.82 Å². The molecule has 0 unspecified atom stereocenters. The molecular formula is C18H12Cl2F3N3O. The Morgan fingerprint density at radius 2 is 1.89 bits per heavy atom. The molecule has 0 saturated carbocycles. The fourth-order valence-electron chi connectivity index (χ4n) is 2.24. The second kappa shape index (κ2) is 8.02. The van der Waals surface area contributed by atoms with Crippen molar-refractivity contribution in [1.82, 2.24) is 9.55 Å². The molecule has 0 radical (unpaired) electrons. The number of oxime groups is 1. The van der Waals surface area contributed by atoms with Crippen LogP contribution in [0.4, 0.5) is 13.2 Å². The summed E-state index contributed by atoms with van der Waals surface area (Å²) in [6.07, 6.45) is -0.738. The Labute approximate surface area is 162 Å². The van der Waals surface area contributed by atoms with Gasteiger partial charge >= 0.3 is 6.18 Å². The smallest absolute Gasteiger partial charge is 0.391 e. The summed E-state index contributed by atoms with van der Waals surface area (Å²) in [4.78, 5) is 9.06. The summed E-state index contributed by atoms with van der Waals surface area (Å²) in [5.74, 6) is 0.161. The van der Waals surface area contributed by atoms with Gasteiger partial charge in [0, 0.05) is 17.4 Å². The van der Waals surface area contributed by atoms with E-state index in [2.05, 4.69) is 10.1 Å². The van der Waals surface area contributed by atoms with E-state index in [9.17, 15) is 13.2 Å². The molecule has 3 aromatic rings. The lowest BCUT2D eigenvalue weighted by atomic mass is 10.2. The van der Waals surface area contributed by atoms with E-state index in [0.29, 0.717) is 10.7 Å². The maximum Gasteiger partial charge on any atom is 0.417 e. The summed E-state index contributed by atoms with van der Waals surface area (Å²) in [6.45, 7) is 0.244. The average molecular weight is 414 g/mol. The maximum absolute atomic E-state index is 12.7. The fraction of sp³-hybridized carbons (Fsp3) is 0.111. The molecule has 0 saturated heterocycles. The van der Waals surface area contributed by atoms with Crippen molar-refractivity contribution in [2.24, 2.45) is 5.16 Å². The topological polar surface area (TPSA) is 39.4 Å². The first-order valence-electron chi connectivity index (χ1n) is 7.65. The maximum atomic E-state index is 12.7. The molecule has 1 aromatic carbocycles. The summed E-state index contributed by atoms with van der Waals surface area (Å²) in [6, 6.07) is 11.3. The van der Waals surface area contributed by atoms with E-state index in [1.807, 2.05) is 12.1 Å². The minimum atomic E-state index is -4.51. The Morgan fingerprint density at radius 3 is 2.56 bits per heavy atom. The highest BCUT2D eigenvalue weighted by Crippen LogP contribution is 2.32. The lowest BCUT2D eigenvalue weighted by Crippen LogP contribution is -2.08. The molecule has 9 heteroatoms. The molecule has 0 aliphatic rings. The van der Waals surface area contributed by atoms with Crippen molar-refractivity contribution < 1.29 is 18.0 Å². The Hall–Kier alpha value is -2.51. The van der Waals surface area contributed by atoms with Gasteiger partial charge in [0.1, 0.15) is 6.61 Å². The van der Waals surface area contributed by atoms with Crippen molar-refractivity contribution in [1.29, 1.82) is 0 Å². The Morgan fingerprint density at radius 1 is 1.15 bits per heavy atom. The van der Waals surface area contributed by atoms with E-state index >= 15 is 0 Å². The van der Waals surface area contributed by atoms with Crippen molar-refractivity contribution in [2.75, 3.05) is 0 Å². The first kappa shape index (κ1) is 19.3. The zero-order chi connectivity index (χ0) is 19.4. The normalized spacial score (nSPS) is 11.9. The van der Waals surface area contributed by atoms with Crippen LogP contribution in [0.5, 0.6) is 0 Å². The average Bonchev–Trinajstić information content (AvgIpc) is 3.07. The lowest BCUT2D eigenvalue weighted by Gasteiger charge is -2.11. The first-order valence-corrected chi connectivity index (χ1v) is 8.40. The molecule has 0 fully saturated rings. The van der Waals surface area contributed by atoms with Crippen molar-refractivity contribution in [3.63, 3.8) is 0 Å².